The van der Waals surface area contributed by atoms with Crippen LogP contribution >= 0.6 is 0 Å². The first-order chi connectivity index (χ1) is 30.0. The highest BCUT2D eigenvalue weighted by Crippen LogP contribution is 2.14. The van der Waals surface area contributed by atoms with Crippen molar-refractivity contribution in [2.24, 2.45) is 0 Å². The molecule has 0 aromatic carbocycles. The Kier molecular flexibility index (Phi) is 47.4. The minimum atomic E-state index is -0.784. The summed E-state index contributed by atoms with van der Waals surface area (Å²) < 4.78 is 16.8. The third kappa shape index (κ3) is 48.0. The van der Waals surface area contributed by atoms with Crippen molar-refractivity contribution in [2.75, 3.05) is 13.2 Å². The van der Waals surface area contributed by atoms with E-state index in [4.69, 9.17) is 14.2 Å². The van der Waals surface area contributed by atoms with Gasteiger partial charge in [-0.25, -0.2) is 0 Å². The van der Waals surface area contributed by atoms with Crippen molar-refractivity contribution in [3.8, 4) is 0 Å². The lowest BCUT2D eigenvalue weighted by atomic mass is 10.1. The Bertz CT molecular complexity index is 1120. The molecule has 0 saturated heterocycles. The average molecular weight is 853 g/mol. The molecule has 0 amide bonds. The highest BCUT2D eigenvalue weighted by Gasteiger charge is 2.19. The monoisotopic (exact) mass is 853 g/mol. The minimum absolute atomic E-state index is 0.0831. The standard InChI is InChI=1S/C55H96O6/c1-4-7-10-13-16-19-22-24-25-26-27-28-29-31-33-36-39-42-45-48-54(57)60-51-52(50-59-53(56)47-44-41-38-35-32-21-18-15-12-9-6-3)61-55(58)49-46-43-40-37-34-30-23-20-17-14-11-8-5-2/h7,10,16,19,24-25,27-28,30,34,52H,4-6,8-9,11-15,17-18,20-23,26,29,31-33,35-51H2,1-3H3/b10-7-,19-16-,25-24-,28-27-,34-30-. The molecule has 6 nitrogen and oxygen atoms in total. The van der Waals surface area contributed by atoms with Crippen molar-refractivity contribution in [3.63, 3.8) is 0 Å². The Morgan fingerprint density at radius 1 is 0.344 bits per heavy atom. The fourth-order valence-electron chi connectivity index (χ4n) is 7.13. The van der Waals surface area contributed by atoms with Crippen molar-refractivity contribution >= 4 is 17.9 Å². The van der Waals surface area contributed by atoms with Crippen molar-refractivity contribution in [3.05, 3.63) is 60.8 Å². The lowest BCUT2D eigenvalue weighted by Crippen LogP contribution is -2.30. The van der Waals surface area contributed by atoms with E-state index in [1.54, 1.807) is 0 Å². The molecule has 0 fully saturated rings. The molecule has 61 heavy (non-hydrogen) atoms. The summed E-state index contributed by atoms with van der Waals surface area (Å²) >= 11 is 0. The second kappa shape index (κ2) is 49.8. The van der Waals surface area contributed by atoms with Gasteiger partial charge in [0.2, 0.25) is 0 Å². The molecule has 0 bridgehead atoms. The maximum absolute atomic E-state index is 12.8. The number of hydrogen-bond donors (Lipinski definition) is 0. The molecule has 352 valence electrons. The Labute approximate surface area is 377 Å². The molecule has 0 aliphatic carbocycles. The van der Waals surface area contributed by atoms with Gasteiger partial charge in [0, 0.05) is 19.3 Å². The van der Waals surface area contributed by atoms with Crippen LogP contribution in [-0.4, -0.2) is 37.2 Å². The molecule has 0 N–H and O–H groups in total. The number of allylic oxidation sites excluding steroid dienone is 10. The molecule has 0 rings (SSSR count). The molecule has 1 unspecified atom stereocenters. The van der Waals surface area contributed by atoms with E-state index in [2.05, 4.69) is 81.5 Å². The first-order valence-corrected chi connectivity index (χ1v) is 25.8. The Morgan fingerprint density at radius 3 is 1.03 bits per heavy atom. The van der Waals surface area contributed by atoms with Gasteiger partial charge in [-0.15, -0.1) is 0 Å². The molecule has 0 spiro atoms. The smallest absolute Gasteiger partial charge is 0.306 e. The predicted molar refractivity (Wildman–Crippen MR) is 261 cm³/mol. The molecular weight excluding hydrogens is 757 g/mol. The van der Waals surface area contributed by atoms with Gasteiger partial charge in [0.25, 0.3) is 0 Å². The summed E-state index contributed by atoms with van der Waals surface area (Å²) in [5.74, 6) is -0.911. The van der Waals surface area contributed by atoms with Crippen LogP contribution in [0.1, 0.15) is 252 Å². The Morgan fingerprint density at radius 2 is 0.639 bits per heavy atom. The largest absolute Gasteiger partial charge is 0.462 e. The quantitative estimate of drug-likeness (QED) is 0.0263. The van der Waals surface area contributed by atoms with Crippen molar-refractivity contribution in [2.45, 2.75) is 258 Å². The van der Waals surface area contributed by atoms with E-state index in [1.807, 2.05) is 0 Å². The molecule has 0 heterocycles. The van der Waals surface area contributed by atoms with Crippen LogP contribution in [-0.2, 0) is 28.6 Å². The van der Waals surface area contributed by atoms with Gasteiger partial charge in [-0.2, -0.15) is 0 Å². The molecule has 0 saturated carbocycles. The highest BCUT2D eigenvalue weighted by molar-refractivity contribution is 5.71. The summed E-state index contributed by atoms with van der Waals surface area (Å²) in [5.41, 5.74) is 0. The summed E-state index contributed by atoms with van der Waals surface area (Å²) in [6.07, 6.45) is 60.6. The normalized spacial score (nSPS) is 12.5. The maximum Gasteiger partial charge on any atom is 0.306 e. The number of carbonyl (C=O) groups is 3. The number of carbonyl (C=O) groups excluding carboxylic acids is 3. The molecule has 0 aliphatic heterocycles. The number of esters is 3. The van der Waals surface area contributed by atoms with Gasteiger partial charge in [0.05, 0.1) is 0 Å². The van der Waals surface area contributed by atoms with Gasteiger partial charge in [-0.3, -0.25) is 14.4 Å². The summed E-state index contributed by atoms with van der Waals surface area (Å²) in [5, 5.41) is 0. The van der Waals surface area contributed by atoms with Crippen LogP contribution in [0.25, 0.3) is 0 Å². The number of ether oxygens (including phenoxy) is 3. The van der Waals surface area contributed by atoms with Crippen molar-refractivity contribution in [1.82, 2.24) is 0 Å². The summed E-state index contributed by atoms with van der Waals surface area (Å²) in [7, 11) is 0. The maximum atomic E-state index is 12.8. The van der Waals surface area contributed by atoms with Gasteiger partial charge < -0.3 is 14.2 Å². The highest BCUT2D eigenvalue weighted by atomic mass is 16.6. The zero-order chi connectivity index (χ0) is 44.4. The molecule has 1 atom stereocenters. The molecule has 0 radical (unpaired) electrons. The van der Waals surface area contributed by atoms with Crippen LogP contribution < -0.4 is 0 Å². The van der Waals surface area contributed by atoms with Crippen LogP contribution in [0.5, 0.6) is 0 Å². The van der Waals surface area contributed by atoms with Crippen molar-refractivity contribution < 1.29 is 28.6 Å². The van der Waals surface area contributed by atoms with Crippen LogP contribution in [0, 0.1) is 0 Å². The van der Waals surface area contributed by atoms with E-state index < -0.39 is 6.10 Å². The minimum Gasteiger partial charge on any atom is -0.462 e. The number of hydrogen-bond acceptors (Lipinski definition) is 6. The van der Waals surface area contributed by atoms with Crippen LogP contribution in [0.3, 0.4) is 0 Å². The van der Waals surface area contributed by atoms with Crippen LogP contribution in [0.4, 0.5) is 0 Å². The van der Waals surface area contributed by atoms with Crippen molar-refractivity contribution in [1.29, 1.82) is 0 Å². The Hall–Kier alpha value is -2.89. The van der Waals surface area contributed by atoms with E-state index >= 15 is 0 Å². The Balaban J connectivity index is 4.38. The zero-order valence-electron chi connectivity index (χ0n) is 40.2. The number of rotatable bonds is 46. The van der Waals surface area contributed by atoms with E-state index in [9.17, 15) is 14.4 Å². The van der Waals surface area contributed by atoms with E-state index in [0.29, 0.717) is 19.3 Å². The summed E-state index contributed by atoms with van der Waals surface area (Å²) in [6, 6.07) is 0. The predicted octanol–water partition coefficient (Wildman–Crippen LogP) is 16.9. The molecule has 6 heteroatoms. The lowest BCUT2D eigenvalue weighted by molar-refractivity contribution is -0.167. The molecule has 0 aromatic rings. The number of unbranched alkanes of at least 4 members (excludes halogenated alkanes) is 25. The summed E-state index contributed by atoms with van der Waals surface area (Å²) in [4.78, 5) is 37.9. The fraction of sp³-hybridized carbons (Fsp3) is 0.764. The van der Waals surface area contributed by atoms with E-state index in [0.717, 1.165) is 103 Å². The van der Waals surface area contributed by atoms with Gasteiger partial charge in [0.15, 0.2) is 6.10 Å². The third-order valence-corrected chi connectivity index (χ3v) is 11.0. The van der Waals surface area contributed by atoms with Crippen LogP contribution in [0.2, 0.25) is 0 Å². The zero-order valence-corrected chi connectivity index (χ0v) is 40.2. The van der Waals surface area contributed by atoms with Gasteiger partial charge in [-0.1, -0.05) is 210 Å². The second-order valence-electron chi connectivity index (χ2n) is 17.1. The molecular formula is C55H96O6. The molecule has 0 aliphatic rings. The fourth-order valence-corrected chi connectivity index (χ4v) is 7.13. The van der Waals surface area contributed by atoms with E-state index in [-0.39, 0.29) is 31.1 Å². The van der Waals surface area contributed by atoms with Crippen LogP contribution in [0.15, 0.2) is 60.8 Å². The molecule has 0 aromatic heterocycles. The van der Waals surface area contributed by atoms with Gasteiger partial charge >= 0.3 is 17.9 Å². The second-order valence-corrected chi connectivity index (χ2v) is 17.1. The first kappa shape index (κ1) is 58.1. The lowest BCUT2D eigenvalue weighted by Gasteiger charge is -2.18. The average Bonchev–Trinajstić information content (AvgIpc) is 3.26. The SMILES string of the molecule is CC/C=C\C/C=C\C/C=C\C/C=C\CCCCCCCCC(=O)OCC(COC(=O)CCCCCCCCCCCCC)OC(=O)CCCCC/C=C\CCCCCCCC. The summed E-state index contributed by atoms with van der Waals surface area (Å²) in [6.45, 7) is 6.49. The van der Waals surface area contributed by atoms with Gasteiger partial charge in [0.1, 0.15) is 13.2 Å². The first-order valence-electron chi connectivity index (χ1n) is 25.8. The van der Waals surface area contributed by atoms with Gasteiger partial charge in [-0.05, 0) is 83.5 Å². The third-order valence-electron chi connectivity index (χ3n) is 11.0. The topological polar surface area (TPSA) is 78.9 Å². The van der Waals surface area contributed by atoms with E-state index in [1.165, 1.54) is 109 Å².